The number of alkyl halides is 1. The van der Waals surface area contributed by atoms with Crippen LogP contribution in [-0.4, -0.2) is 8.42 Å². The SMILES string of the molecule is N#Cc1c(Br)cc(S(=O)(=O)Cl)cc1CCl. The molecule has 1 rings (SSSR count). The molecule has 0 atom stereocenters. The van der Waals surface area contributed by atoms with Crippen molar-refractivity contribution in [2.45, 2.75) is 10.8 Å². The van der Waals surface area contributed by atoms with E-state index in [1.807, 2.05) is 6.07 Å². The first-order valence-corrected chi connectivity index (χ1v) is 7.27. The first kappa shape index (κ1) is 12.8. The number of nitrogens with zero attached hydrogens (tertiary/aromatic N) is 1. The first-order chi connectivity index (χ1) is 6.90. The second kappa shape index (κ2) is 4.71. The fourth-order valence-electron chi connectivity index (χ4n) is 1.01. The van der Waals surface area contributed by atoms with E-state index in [0.717, 1.165) is 0 Å². The quantitative estimate of drug-likeness (QED) is 0.619. The highest BCUT2D eigenvalue weighted by atomic mass is 79.9. The molecule has 0 radical (unpaired) electrons. The fraction of sp³-hybridized carbons (Fsp3) is 0.125. The van der Waals surface area contributed by atoms with Crippen LogP contribution in [0.3, 0.4) is 0 Å². The summed E-state index contributed by atoms with van der Waals surface area (Å²) < 4.78 is 22.5. The van der Waals surface area contributed by atoms with Gasteiger partial charge in [0.25, 0.3) is 9.05 Å². The van der Waals surface area contributed by atoms with Crippen molar-refractivity contribution in [2.75, 3.05) is 0 Å². The molecule has 0 saturated heterocycles. The van der Waals surface area contributed by atoms with E-state index < -0.39 is 9.05 Å². The Balaban J connectivity index is 3.54. The molecule has 0 heterocycles. The molecule has 0 fully saturated rings. The minimum atomic E-state index is -3.81. The lowest BCUT2D eigenvalue weighted by Crippen LogP contribution is -1.96. The Bertz CT molecular complexity index is 536. The van der Waals surface area contributed by atoms with Crippen molar-refractivity contribution in [1.82, 2.24) is 0 Å². The molecule has 0 aliphatic carbocycles. The van der Waals surface area contributed by atoms with E-state index in [2.05, 4.69) is 15.9 Å². The smallest absolute Gasteiger partial charge is 0.207 e. The third-order valence-corrected chi connectivity index (χ3v) is 3.93. The van der Waals surface area contributed by atoms with Gasteiger partial charge in [-0.1, -0.05) is 0 Å². The minimum absolute atomic E-state index is 0.0434. The van der Waals surface area contributed by atoms with Crippen molar-refractivity contribution in [3.8, 4) is 6.07 Å². The van der Waals surface area contributed by atoms with Gasteiger partial charge in [-0.25, -0.2) is 8.42 Å². The van der Waals surface area contributed by atoms with Crippen molar-refractivity contribution in [3.05, 3.63) is 27.7 Å². The van der Waals surface area contributed by atoms with Gasteiger partial charge in [0, 0.05) is 21.0 Å². The molecule has 3 nitrogen and oxygen atoms in total. The molecule has 0 aromatic heterocycles. The van der Waals surface area contributed by atoms with Gasteiger partial charge in [-0.05, 0) is 33.6 Å². The molecule has 0 bridgehead atoms. The van der Waals surface area contributed by atoms with Crippen LogP contribution in [0.15, 0.2) is 21.5 Å². The zero-order chi connectivity index (χ0) is 11.6. The number of nitriles is 1. The molecule has 0 aliphatic heterocycles. The Kier molecular flexibility index (Phi) is 4.01. The lowest BCUT2D eigenvalue weighted by Gasteiger charge is -2.04. The standard InChI is InChI=1S/C8H4BrCl2NO2S/c9-8-2-6(15(11,13)14)1-5(3-10)7(8)4-12/h1-2H,3H2. The molecule has 0 spiro atoms. The maximum absolute atomic E-state index is 11.1. The van der Waals surface area contributed by atoms with Gasteiger partial charge in [-0.3, -0.25) is 0 Å². The van der Waals surface area contributed by atoms with Crippen LogP contribution in [0.2, 0.25) is 0 Å². The predicted octanol–water partition coefficient (Wildman–Crippen LogP) is 2.99. The third-order valence-electron chi connectivity index (χ3n) is 1.68. The largest absolute Gasteiger partial charge is 0.261 e. The van der Waals surface area contributed by atoms with E-state index in [1.54, 1.807) is 0 Å². The molecule has 7 heteroatoms. The van der Waals surface area contributed by atoms with Gasteiger partial charge in [0.05, 0.1) is 10.5 Å². The van der Waals surface area contributed by atoms with Crippen molar-refractivity contribution in [2.24, 2.45) is 0 Å². The topological polar surface area (TPSA) is 57.9 Å². The predicted molar refractivity (Wildman–Crippen MR) is 61.5 cm³/mol. The highest BCUT2D eigenvalue weighted by Crippen LogP contribution is 2.27. The highest BCUT2D eigenvalue weighted by Gasteiger charge is 2.15. The Morgan fingerprint density at radius 1 is 1.47 bits per heavy atom. The number of benzene rings is 1. The first-order valence-electron chi connectivity index (χ1n) is 3.63. The van der Waals surface area contributed by atoms with Crippen molar-refractivity contribution < 1.29 is 8.42 Å². The summed E-state index contributed by atoms with van der Waals surface area (Å²) in [5.74, 6) is 0.0434. The van der Waals surface area contributed by atoms with Gasteiger partial charge in [0.15, 0.2) is 0 Å². The number of hydrogen-bond donors (Lipinski definition) is 0. The fourth-order valence-corrected chi connectivity index (χ4v) is 2.77. The number of hydrogen-bond acceptors (Lipinski definition) is 3. The molecule has 0 aliphatic rings. The third kappa shape index (κ3) is 2.85. The zero-order valence-electron chi connectivity index (χ0n) is 7.17. The van der Waals surface area contributed by atoms with Crippen LogP contribution < -0.4 is 0 Å². The van der Waals surface area contributed by atoms with Gasteiger partial charge in [-0.15, -0.1) is 11.6 Å². The number of rotatable bonds is 2. The lowest BCUT2D eigenvalue weighted by molar-refractivity contribution is 0.609. The average Bonchev–Trinajstić information content (AvgIpc) is 2.15. The van der Waals surface area contributed by atoms with Crippen LogP contribution in [0.4, 0.5) is 0 Å². The van der Waals surface area contributed by atoms with Crippen LogP contribution in [0, 0.1) is 11.3 Å². The molecule has 0 unspecified atom stereocenters. The molecule has 15 heavy (non-hydrogen) atoms. The highest BCUT2D eigenvalue weighted by molar-refractivity contribution is 9.10. The summed E-state index contributed by atoms with van der Waals surface area (Å²) >= 11 is 8.68. The maximum atomic E-state index is 11.1. The summed E-state index contributed by atoms with van der Waals surface area (Å²) in [4.78, 5) is -0.0781. The Hall–Kier alpha value is -0.280. The van der Waals surface area contributed by atoms with E-state index >= 15 is 0 Å². The van der Waals surface area contributed by atoms with Crippen LogP contribution in [0.1, 0.15) is 11.1 Å². The van der Waals surface area contributed by atoms with E-state index in [0.29, 0.717) is 15.6 Å². The summed E-state index contributed by atoms with van der Waals surface area (Å²) in [6.45, 7) is 0. The van der Waals surface area contributed by atoms with E-state index in [9.17, 15) is 8.42 Å². The van der Waals surface area contributed by atoms with E-state index in [4.69, 9.17) is 27.5 Å². The minimum Gasteiger partial charge on any atom is -0.207 e. The van der Waals surface area contributed by atoms with Gasteiger partial charge in [0.2, 0.25) is 0 Å². The van der Waals surface area contributed by atoms with Crippen molar-refractivity contribution in [3.63, 3.8) is 0 Å². The van der Waals surface area contributed by atoms with Gasteiger partial charge in [0.1, 0.15) is 6.07 Å². The lowest BCUT2D eigenvalue weighted by atomic mass is 10.1. The Morgan fingerprint density at radius 2 is 2.07 bits per heavy atom. The van der Waals surface area contributed by atoms with Gasteiger partial charge < -0.3 is 0 Å². The van der Waals surface area contributed by atoms with Crippen molar-refractivity contribution >= 4 is 47.3 Å². The molecule has 1 aromatic carbocycles. The normalized spacial score (nSPS) is 11.1. The molecular weight excluding hydrogens is 325 g/mol. The second-order valence-corrected chi connectivity index (χ2v) is 6.31. The Labute approximate surface area is 105 Å². The van der Waals surface area contributed by atoms with Crippen LogP contribution >= 0.6 is 38.2 Å². The van der Waals surface area contributed by atoms with Crippen LogP contribution in [-0.2, 0) is 14.9 Å². The summed E-state index contributed by atoms with van der Waals surface area (Å²) in [6.07, 6.45) is 0. The number of halogens is 3. The second-order valence-electron chi connectivity index (χ2n) is 2.62. The molecular formula is C8H4BrCl2NO2S. The summed E-state index contributed by atoms with van der Waals surface area (Å²) in [7, 11) is 1.37. The maximum Gasteiger partial charge on any atom is 0.261 e. The summed E-state index contributed by atoms with van der Waals surface area (Å²) in [5, 5.41) is 8.80. The molecule has 80 valence electrons. The summed E-state index contributed by atoms with van der Waals surface area (Å²) in [6, 6.07) is 4.49. The molecule has 1 aromatic rings. The van der Waals surface area contributed by atoms with E-state index in [1.165, 1.54) is 12.1 Å². The molecule has 0 amide bonds. The zero-order valence-corrected chi connectivity index (χ0v) is 11.1. The molecule has 0 saturated carbocycles. The molecule has 0 N–H and O–H groups in total. The summed E-state index contributed by atoms with van der Waals surface area (Å²) in [5.41, 5.74) is 0.738. The van der Waals surface area contributed by atoms with Crippen LogP contribution in [0.5, 0.6) is 0 Å². The van der Waals surface area contributed by atoms with Crippen LogP contribution in [0.25, 0.3) is 0 Å². The Morgan fingerprint density at radius 3 is 2.47 bits per heavy atom. The monoisotopic (exact) mass is 327 g/mol. The van der Waals surface area contributed by atoms with Gasteiger partial charge >= 0.3 is 0 Å². The van der Waals surface area contributed by atoms with Crippen molar-refractivity contribution in [1.29, 1.82) is 5.26 Å². The van der Waals surface area contributed by atoms with E-state index in [-0.39, 0.29) is 10.8 Å². The average molecular weight is 329 g/mol. The van der Waals surface area contributed by atoms with Gasteiger partial charge in [-0.2, -0.15) is 5.26 Å².